The highest BCUT2D eigenvalue weighted by Crippen LogP contribution is 2.33. The summed E-state index contributed by atoms with van der Waals surface area (Å²) in [6.07, 6.45) is 0.323. The number of para-hydroxylation sites is 1. The predicted molar refractivity (Wildman–Crippen MR) is 199 cm³/mol. The first-order valence-corrected chi connectivity index (χ1v) is 17.5. The maximum Gasteiger partial charge on any atom is 0.413 e. The van der Waals surface area contributed by atoms with Crippen LogP contribution in [0.1, 0.15) is 35.1 Å². The quantitative estimate of drug-likeness (QED) is 0.143. The van der Waals surface area contributed by atoms with Crippen LogP contribution >= 0.6 is 0 Å². The normalized spacial score (nSPS) is 14.5. The Kier molecular flexibility index (Phi) is 11.9. The van der Waals surface area contributed by atoms with Crippen molar-refractivity contribution in [1.29, 1.82) is 0 Å². The Bertz CT molecular complexity index is 1830. The molecule has 0 radical (unpaired) electrons. The standard InChI is InChI=1S/C43H44N4O4/c48-40(39(30-34-16-6-1-7-17-34)45-42(50)51-38-24-14-5-15-25-38)47(33-37-22-12-4-13-23-37)43(41(49)44-31-35-18-8-2-9-19-35)26-28-46(29-27-43)32-36-20-10-3-11-21-36/h1-25,39H,26-33H2,(H,44,49)(H,45,50)/t39-/m0/s1. The lowest BCUT2D eigenvalue weighted by atomic mass is 9.82. The Hall–Kier alpha value is -5.73. The maximum absolute atomic E-state index is 15.2. The number of carbonyl (C=O) groups is 3. The lowest BCUT2D eigenvalue weighted by molar-refractivity contribution is -0.154. The fourth-order valence-corrected chi connectivity index (χ4v) is 6.70. The predicted octanol–water partition coefficient (Wildman–Crippen LogP) is 6.77. The van der Waals surface area contributed by atoms with Crippen molar-refractivity contribution in [2.24, 2.45) is 0 Å². The first kappa shape index (κ1) is 35.1. The molecule has 1 saturated heterocycles. The van der Waals surface area contributed by atoms with Crippen LogP contribution in [0.5, 0.6) is 5.75 Å². The summed E-state index contributed by atoms with van der Waals surface area (Å²) in [4.78, 5) is 47.3. The fourth-order valence-electron chi connectivity index (χ4n) is 6.70. The molecule has 5 aromatic carbocycles. The molecule has 8 nitrogen and oxygen atoms in total. The van der Waals surface area contributed by atoms with E-state index in [0.29, 0.717) is 38.2 Å². The minimum atomic E-state index is -1.19. The lowest BCUT2D eigenvalue weighted by Crippen LogP contribution is -2.67. The number of likely N-dealkylation sites (tertiary alicyclic amines) is 1. The number of ether oxygens (including phenoxy) is 1. The van der Waals surface area contributed by atoms with Gasteiger partial charge in [0, 0.05) is 39.1 Å². The highest BCUT2D eigenvalue weighted by molar-refractivity contribution is 5.94. The summed E-state index contributed by atoms with van der Waals surface area (Å²) in [6, 6.07) is 47.1. The second-order valence-corrected chi connectivity index (χ2v) is 13.0. The van der Waals surface area contributed by atoms with E-state index in [2.05, 4.69) is 27.7 Å². The van der Waals surface area contributed by atoms with Gasteiger partial charge in [0.15, 0.2) is 0 Å². The van der Waals surface area contributed by atoms with Crippen LogP contribution in [-0.4, -0.2) is 52.4 Å². The molecule has 0 unspecified atom stereocenters. The van der Waals surface area contributed by atoms with Crippen LogP contribution in [0.4, 0.5) is 4.79 Å². The van der Waals surface area contributed by atoms with Crippen molar-refractivity contribution >= 4 is 17.9 Å². The van der Waals surface area contributed by atoms with Crippen LogP contribution in [0.3, 0.4) is 0 Å². The molecular formula is C43H44N4O4. The third kappa shape index (κ3) is 9.50. The van der Waals surface area contributed by atoms with Crippen LogP contribution in [-0.2, 0) is 35.6 Å². The van der Waals surface area contributed by atoms with Crippen molar-refractivity contribution in [3.05, 3.63) is 174 Å². The van der Waals surface area contributed by atoms with Gasteiger partial charge >= 0.3 is 6.09 Å². The van der Waals surface area contributed by atoms with Gasteiger partial charge in [0.05, 0.1) is 0 Å². The molecule has 8 heteroatoms. The summed E-state index contributed by atoms with van der Waals surface area (Å²) < 4.78 is 5.60. The Morgan fingerprint density at radius 3 is 1.71 bits per heavy atom. The summed E-state index contributed by atoms with van der Waals surface area (Å²) in [5.41, 5.74) is 2.74. The van der Waals surface area contributed by atoms with Crippen molar-refractivity contribution in [3.8, 4) is 5.75 Å². The number of amides is 3. The second kappa shape index (κ2) is 17.3. The zero-order valence-electron chi connectivity index (χ0n) is 28.7. The minimum Gasteiger partial charge on any atom is -0.410 e. The highest BCUT2D eigenvalue weighted by Gasteiger charge is 2.49. The summed E-state index contributed by atoms with van der Waals surface area (Å²) in [5, 5.41) is 6.07. The van der Waals surface area contributed by atoms with E-state index in [4.69, 9.17) is 4.74 Å². The fraction of sp³-hybridized carbons (Fsp3) is 0.233. The smallest absolute Gasteiger partial charge is 0.410 e. The van der Waals surface area contributed by atoms with Gasteiger partial charge in [0.2, 0.25) is 11.8 Å². The average molecular weight is 681 g/mol. The number of hydrogen-bond donors (Lipinski definition) is 2. The summed E-state index contributed by atoms with van der Waals surface area (Å²) >= 11 is 0. The van der Waals surface area contributed by atoms with Gasteiger partial charge in [-0.15, -0.1) is 0 Å². The molecule has 0 spiro atoms. The van der Waals surface area contributed by atoms with Crippen molar-refractivity contribution in [2.45, 2.75) is 50.5 Å². The van der Waals surface area contributed by atoms with E-state index in [9.17, 15) is 9.59 Å². The van der Waals surface area contributed by atoms with Gasteiger partial charge in [-0.2, -0.15) is 0 Å². The van der Waals surface area contributed by atoms with Gasteiger partial charge in [-0.1, -0.05) is 140 Å². The number of benzene rings is 5. The van der Waals surface area contributed by atoms with Crippen LogP contribution < -0.4 is 15.4 Å². The number of carbonyl (C=O) groups excluding carboxylic acids is 3. The summed E-state index contributed by atoms with van der Waals surface area (Å²) in [5.74, 6) is -0.191. The molecule has 1 atom stereocenters. The Labute approximate surface area is 300 Å². The van der Waals surface area contributed by atoms with Gasteiger partial charge in [-0.05, 0) is 47.2 Å². The molecule has 1 aliphatic heterocycles. The number of nitrogens with zero attached hydrogens (tertiary/aromatic N) is 2. The van der Waals surface area contributed by atoms with Gasteiger partial charge < -0.3 is 20.3 Å². The third-order valence-electron chi connectivity index (χ3n) is 9.44. The molecule has 2 N–H and O–H groups in total. The van der Waals surface area contributed by atoms with Gasteiger partial charge in [0.1, 0.15) is 17.3 Å². The highest BCUT2D eigenvalue weighted by atomic mass is 16.6. The molecular weight excluding hydrogens is 636 g/mol. The van der Waals surface area contributed by atoms with Crippen molar-refractivity contribution in [3.63, 3.8) is 0 Å². The molecule has 1 fully saturated rings. The van der Waals surface area contributed by atoms with Crippen LogP contribution in [0.25, 0.3) is 0 Å². The topological polar surface area (TPSA) is 91.0 Å². The molecule has 5 aromatic rings. The summed E-state index contributed by atoms with van der Waals surface area (Å²) in [6.45, 7) is 2.49. The maximum atomic E-state index is 15.2. The first-order chi connectivity index (χ1) is 25.0. The van der Waals surface area contributed by atoms with Gasteiger partial charge in [0.25, 0.3) is 0 Å². The molecule has 3 amide bonds. The SMILES string of the molecule is O=C(N[C@@H](Cc1ccccc1)C(=O)N(Cc1ccccc1)C1(C(=O)NCc2ccccc2)CCN(Cc2ccccc2)CC1)Oc1ccccc1. The molecule has 0 saturated carbocycles. The van der Waals surface area contributed by atoms with Gasteiger partial charge in [-0.25, -0.2) is 4.79 Å². The van der Waals surface area contributed by atoms with Crippen LogP contribution in [0.2, 0.25) is 0 Å². The zero-order chi connectivity index (χ0) is 35.3. The van der Waals surface area contributed by atoms with E-state index in [1.54, 1.807) is 29.2 Å². The minimum absolute atomic E-state index is 0.192. The van der Waals surface area contributed by atoms with Gasteiger partial charge in [-0.3, -0.25) is 14.5 Å². The van der Waals surface area contributed by atoms with Crippen molar-refractivity contribution in [2.75, 3.05) is 13.1 Å². The van der Waals surface area contributed by atoms with Crippen molar-refractivity contribution < 1.29 is 19.1 Å². The van der Waals surface area contributed by atoms with E-state index < -0.39 is 17.7 Å². The van der Waals surface area contributed by atoms with Crippen LogP contribution in [0, 0.1) is 0 Å². The number of nitrogens with one attached hydrogen (secondary N) is 2. The molecule has 0 aliphatic carbocycles. The lowest BCUT2D eigenvalue weighted by Gasteiger charge is -2.48. The van der Waals surface area contributed by atoms with E-state index in [1.165, 1.54) is 5.56 Å². The van der Waals surface area contributed by atoms with E-state index >= 15 is 4.79 Å². The molecule has 0 bridgehead atoms. The number of piperidine rings is 1. The van der Waals surface area contributed by atoms with E-state index in [-0.39, 0.29) is 24.8 Å². The number of hydrogen-bond acceptors (Lipinski definition) is 5. The monoisotopic (exact) mass is 680 g/mol. The molecule has 6 rings (SSSR count). The average Bonchev–Trinajstić information content (AvgIpc) is 3.18. The van der Waals surface area contributed by atoms with Crippen molar-refractivity contribution in [1.82, 2.24) is 20.4 Å². The van der Waals surface area contributed by atoms with Crippen LogP contribution in [0.15, 0.2) is 152 Å². The second-order valence-electron chi connectivity index (χ2n) is 13.0. The molecule has 260 valence electrons. The molecule has 1 aliphatic rings. The Morgan fingerprint density at radius 1 is 0.647 bits per heavy atom. The Balaban J connectivity index is 1.34. The largest absolute Gasteiger partial charge is 0.413 e. The Morgan fingerprint density at radius 2 is 1.14 bits per heavy atom. The molecule has 0 aromatic heterocycles. The number of rotatable bonds is 13. The molecule has 1 heterocycles. The summed E-state index contributed by atoms with van der Waals surface area (Å²) in [7, 11) is 0. The first-order valence-electron chi connectivity index (χ1n) is 17.5. The molecule has 51 heavy (non-hydrogen) atoms. The zero-order valence-corrected chi connectivity index (χ0v) is 28.7. The van der Waals surface area contributed by atoms with E-state index in [1.807, 2.05) is 115 Å². The van der Waals surface area contributed by atoms with E-state index in [0.717, 1.165) is 23.2 Å². The third-order valence-corrected chi connectivity index (χ3v) is 9.44.